The molecule has 0 radical (unpaired) electrons. The number of hydrogen-bond donors (Lipinski definition) is 2. The van der Waals surface area contributed by atoms with E-state index in [1.54, 1.807) is 7.11 Å². The number of pyridine rings is 1. The Morgan fingerprint density at radius 2 is 2.33 bits per heavy atom. The Balaban J connectivity index is 1.95. The Hall–Kier alpha value is -1.17. The smallest absolute Gasteiger partial charge is 0.131 e. The van der Waals surface area contributed by atoms with E-state index in [4.69, 9.17) is 4.74 Å². The molecule has 1 aliphatic heterocycles. The molecule has 21 heavy (non-hydrogen) atoms. The van der Waals surface area contributed by atoms with Gasteiger partial charge in [-0.2, -0.15) is 0 Å². The lowest BCUT2D eigenvalue weighted by molar-refractivity contribution is 0.0968. The van der Waals surface area contributed by atoms with E-state index in [0.717, 1.165) is 45.0 Å². The van der Waals surface area contributed by atoms with E-state index in [0.29, 0.717) is 5.92 Å². The number of nitrogens with one attached hydrogen (secondary N) is 1. The molecule has 2 N–H and O–H groups in total. The number of aliphatic hydroxyl groups is 1. The normalized spacial score (nSPS) is 22.6. The van der Waals surface area contributed by atoms with Crippen molar-refractivity contribution >= 4 is 5.82 Å². The molecule has 0 amide bonds. The second-order valence-corrected chi connectivity index (χ2v) is 5.93. The highest BCUT2D eigenvalue weighted by atomic mass is 16.5. The maximum atomic E-state index is 9.83. The molecule has 5 heteroatoms. The molecule has 2 rings (SSSR count). The third kappa shape index (κ3) is 4.40. The molecule has 0 aliphatic carbocycles. The molecule has 0 spiro atoms. The minimum absolute atomic E-state index is 0.175. The van der Waals surface area contributed by atoms with Crippen LogP contribution in [0.4, 0.5) is 5.82 Å². The maximum Gasteiger partial charge on any atom is 0.131 e. The zero-order chi connectivity index (χ0) is 15.2. The quantitative estimate of drug-likeness (QED) is 0.775. The van der Waals surface area contributed by atoms with Crippen molar-refractivity contribution in [2.75, 3.05) is 38.3 Å². The average molecular weight is 293 g/mol. The summed E-state index contributed by atoms with van der Waals surface area (Å²) in [5.74, 6) is 1.35. The van der Waals surface area contributed by atoms with Crippen LogP contribution in [0.3, 0.4) is 0 Å². The van der Waals surface area contributed by atoms with E-state index >= 15 is 0 Å². The Kier molecular flexibility index (Phi) is 5.96. The molecule has 1 aromatic rings. The van der Waals surface area contributed by atoms with Crippen LogP contribution in [0.25, 0.3) is 0 Å². The van der Waals surface area contributed by atoms with Crippen LogP contribution in [-0.4, -0.2) is 49.5 Å². The van der Waals surface area contributed by atoms with Crippen LogP contribution in [0.5, 0.6) is 0 Å². The van der Waals surface area contributed by atoms with Gasteiger partial charge >= 0.3 is 0 Å². The van der Waals surface area contributed by atoms with Crippen LogP contribution in [0.2, 0.25) is 0 Å². The van der Waals surface area contributed by atoms with Crippen LogP contribution in [-0.2, 0) is 11.3 Å². The summed E-state index contributed by atoms with van der Waals surface area (Å²) in [4.78, 5) is 6.92. The molecular weight excluding hydrogens is 266 g/mol. The van der Waals surface area contributed by atoms with E-state index in [9.17, 15) is 5.11 Å². The lowest BCUT2D eigenvalue weighted by Gasteiger charge is -2.35. The molecule has 5 nitrogen and oxygen atoms in total. The summed E-state index contributed by atoms with van der Waals surface area (Å²) in [6.07, 6.45) is 2.59. The van der Waals surface area contributed by atoms with E-state index < -0.39 is 0 Å². The van der Waals surface area contributed by atoms with Crippen molar-refractivity contribution in [1.82, 2.24) is 10.3 Å². The topological polar surface area (TPSA) is 57.6 Å². The number of rotatable bonds is 6. The fourth-order valence-electron chi connectivity index (χ4n) is 2.79. The van der Waals surface area contributed by atoms with Gasteiger partial charge in [-0.05, 0) is 36.5 Å². The van der Waals surface area contributed by atoms with Crippen molar-refractivity contribution in [3.8, 4) is 0 Å². The Bertz CT molecular complexity index is 453. The van der Waals surface area contributed by atoms with Crippen molar-refractivity contribution in [2.24, 2.45) is 5.92 Å². The zero-order valence-corrected chi connectivity index (χ0v) is 13.3. The van der Waals surface area contributed by atoms with Gasteiger partial charge in [0.1, 0.15) is 5.82 Å². The lowest BCUT2D eigenvalue weighted by Crippen LogP contribution is -2.42. The molecule has 2 atom stereocenters. The molecule has 1 saturated heterocycles. The summed E-state index contributed by atoms with van der Waals surface area (Å²) < 4.78 is 5.02. The molecule has 0 aromatic carbocycles. The fourth-order valence-corrected chi connectivity index (χ4v) is 2.79. The highest BCUT2D eigenvalue weighted by molar-refractivity contribution is 5.47. The summed E-state index contributed by atoms with van der Waals surface area (Å²) in [6.45, 7) is 8.34. The van der Waals surface area contributed by atoms with Crippen LogP contribution < -0.4 is 10.2 Å². The summed E-state index contributed by atoms with van der Waals surface area (Å²) in [6, 6.07) is 2.19. The van der Waals surface area contributed by atoms with Crippen molar-refractivity contribution in [2.45, 2.75) is 32.9 Å². The number of aliphatic hydroxyl groups excluding tert-OH is 1. The van der Waals surface area contributed by atoms with E-state index in [2.05, 4.69) is 35.1 Å². The standard InChI is InChI=1S/C16H27N3O2/c1-12-8-14(9-17-5-7-21-3)10-18-16(12)19-6-4-15(20)13(2)11-19/h8,10,13,15,17,20H,4-7,9,11H2,1-3H3. The van der Waals surface area contributed by atoms with Crippen molar-refractivity contribution < 1.29 is 9.84 Å². The van der Waals surface area contributed by atoms with Crippen molar-refractivity contribution in [3.63, 3.8) is 0 Å². The molecule has 1 aromatic heterocycles. The number of nitrogens with zero attached hydrogens (tertiary/aromatic N) is 2. The Labute approximate surface area is 127 Å². The van der Waals surface area contributed by atoms with Gasteiger partial charge in [-0.15, -0.1) is 0 Å². The minimum atomic E-state index is -0.175. The molecule has 118 valence electrons. The molecule has 0 saturated carbocycles. The third-order valence-corrected chi connectivity index (χ3v) is 4.08. The van der Waals surface area contributed by atoms with Crippen LogP contribution in [0, 0.1) is 12.8 Å². The first-order valence-electron chi connectivity index (χ1n) is 7.70. The Morgan fingerprint density at radius 3 is 3.00 bits per heavy atom. The van der Waals surface area contributed by atoms with Gasteiger partial charge in [0.2, 0.25) is 0 Å². The van der Waals surface area contributed by atoms with E-state index in [1.807, 2.05) is 6.20 Å². The summed E-state index contributed by atoms with van der Waals surface area (Å²) in [5, 5.41) is 13.2. The monoisotopic (exact) mass is 293 g/mol. The number of ether oxygens (including phenoxy) is 1. The second kappa shape index (κ2) is 7.73. The summed E-state index contributed by atoms with van der Waals surface area (Å²) in [7, 11) is 1.71. The van der Waals surface area contributed by atoms with Crippen LogP contribution >= 0.6 is 0 Å². The predicted octanol–water partition coefficient (Wildman–Crippen LogP) is 1.33. The van der Waals surface area contributed by atoms with Crippen LogP contribution in [0.15, 0.2) is 12.3 Å². The molecule has 0 bridgehead atoms. The molecule has 1 aliphatic rings. The number of piperidine rings is 1. The Morgan fingerprint density at radius 1 is 1.52 bits per heavy atom. The maximum absolute atomic E-state index is 9.83. The average Bonchev–Trinajstić information content (AvgIpc) is 2.47. The molecule has 1 fully saturated rings. The van der Waals surface area contributed by atoms with Gasteiger partial charge in [-0.25, -0.2) is 4.98 Å². The SMILES string of the molecule is COCCNCc1cnc(N2CCC(O)C(C)C2)c(C)c1. The number of anilines is 1. The third-order valence-electron chi connectivity index (χ3n) is 4.08. The fraction of sp³-hybridized carbons (Fsp3) is 0.688. The van der Waals surface area contributed by atoms with Gasteiger partial charge in [0, 0.05) is 39.5 Å². The molecular formula is C16H27N3O2. The minimum Gasteiger partial charge on any atom is -0.393 e. The zero-order valence-electron chi connectivity index (χ0n) is 13.3. The first-order chi connectivity index (χ1) is 10.1. The largest absolute Gasteiger partial charge is 0.393 e. The van der Waals surface area contributed by atoms with Gasteiger partial charge in [0.15, 0.2) is 0 Å². The summed E-state index contributed by atoms with van der Waals surface area (Å²) >= 11 is 0. The van der Waals surface area contributed by atoms with Gasteiger partial charge in [-0.1, -0.05) is 6.92 Å². The van der Waals surface area contributed by atoms with Gasteiger partial charge in [0.25, 0.3) is 0 Å². The highest BCUT2D eigenvalue weighted by Crippen LogP contribution is 2.24. The van der Waals surface area contributed by atoms with Crippen molar-refractivity contribution in [3.05, 3.63) is 23.4 Å². The predicted molar refractivity (Wildman–Crippen MR) is 84.6 cm³/mol. The number of aryl methyl sites for hydroxylation is 1. The summed E-state index contributed by atoms with van der Waals surface area (Å²) in [5.41, 5.74) is 2.39. The second-order valence-electron chi connectivity index (χ2n) is 5.93. The highest BCUT2D eigenvalue weighted by Gasteiger charge is 2.25. The van der Waals surface area contributed by atoms with Gasteiger partial charge in [-0.3, -0.25) is 0 Å². The van der Waals surface area contributed by atoms with Crippen molar-refractivity contribution in [1.29, 1.82) is 0 Å². The van der Waals surface area contributed by atoms with E-state index in [1.165, 1.54) is 11.1 Å². The molecule has 2 unspecified atom stereocenters. The number of hydrogen-bond acceptors (Lipinski definition) is 5. The lowest BCUT2D eigenvalue weighted by atomic mass is 9.96. The number of methoxy groups -OCH3 is 1. The number of aromatic nitrogens is 1. The first kappa shape index (κ1) is 16.2. The molecule has 2 heterocycles. The van der Waals surface area contributed by atoms with E-state index in [-0.39, 0.29) is 6.10 Å². The van der Waals surface area contributed by atoms with Crippen LogP contribution in [0.1, 0.15) is 24.5 Å². The first-order valence-corrected chi connectivity index (χ1v) is 7.70. The van der Waals surface area contributed by atoms with Gasteiger partial charge < -0.3 is 20.1 Å². The van der Waals surface area contributed by atoms with Gasteiger partial charge in [0.05, 0.1) is 12.7 Å².